The van der Waals surface area contributed by atoms with E-state index in [0.29, 0.717) is 6.04 Å². The van der Waals surface area contributed by atoms with Crippen LogP contribution in [0.15, 0.2) is 0 Å². The number of aliphatic hydroxyl groups excluding tert-OH is 1. The third kappa shape index (κ3) is 2.23. The SMILES string of the molecule is CCN(C)C1CCCC(C)(C)C1O. The molecule has 0 bridgehead atoms. The second-order valence-electron chi connectivity index (χ2n) is 4.97. The van der Waals surface area contributed by atoms with E-state index in [4.69, 9.17) is 0 Å². The fraction of sp³-hybridized carbons (Fsp3) is 1.00. The molecule has 1 aliphatic carbocycles. The van der Waals surface area contributed by atoms with Crippen molar-refractivity contribution in [3.63, 3.8) is 0 Å². The number of likely N-dealkylation sites (N-methyl/N-ethyl adjacent to an activating group) is 1. The Bertz CT molecular complexity index is 167. The van der Waals surface area contributed by atoms with E-state index >= 15 is 0 Å². The number of hydrogen-bond acceptors (Lipinski definition) is 2. The predicted octanol–water partition coefficient (Wildman–Crippen LogP) is 1.88. The summed E-state index contributed by atoms with van der Waals surface area (Å²) in [7, 11) is 2.11. The van der Waals surface area contributed by atoms with E-state index in [1.54, 1.807) is 0 Å². The molecule has 0 amide bonds. The van der Waals surface area contributed by atoms with E-state index < -0.39 is 0 Å². The van der Waals surface area contributed by atoms with Crippen molar-refractivity contribution in [1.29, 1.82) is 0 Å². The second kappa shape index (κ2) is 3.97. The molecule has 13 heavy (non-hydrogen) atoms. The molecule has 2 nitrogen and oxygen atoms in total. The molecule has 0 saturated heterocycles. The molecule has 0 aromatic heterocycles. The molecule has 1 aliphatic rings. The molecule has 2 atom stereocenters. The summed E-state index contributed by atoms with van der Waals surface area (Å²) in [4.78, 5) is 2.27. The Morgan fingerprint density at radius 3 is 2.62 bits per heavy atom. The molecule has 1 rings (SSSR count). The van der Waals surface area contributed by atoms with Crippen LogP contribution in [-0.2, 0) is 0 Å². The van der Waals surface area contributed by atoms with Gasteiger partial charge in [0.05, 0.1) is 6.10 Å². The number of rotatable bonds is 2. The Morgan fingerprint density at radius 2 is 2.08 bits per heavy atom. The molecular weight excluding hydrogens is 162 g/mol. The smallest absolute Gasteiger partial charge is 0.0746 e. The second-order valence-corrected chi connectivity index (χ2v) is 4.97. The summed E-state index contributed by atoms with van der Waals surface area (Å²) in [5.41, 5.74) is 0.104. The zero-order valence-corrected chi connectivity index (χ0v) is 9.38. The third-order valence-electron chi connectivity index (χ3n) is 3.55. The zero-order valence-electron chi connectivity index (χ0n) is 9.38. The molecular formula is C11H23NO. The molecule has 0 spiro atoms. The molecule has 2 heteroatoms. The van der Waals surface area contributed by atoms with Crippen molar-refractivity contribution in [3.05, 3.63) is 0 Å². The summed E-state index contributed by atoms with van der Waals surface area (Å²) < 4.78 is 0. The Hall–Kier alpha value is -0.0800. The fourth-order valence-corrected chi connectivity index (χ4v) is 2.29. The standard InChI is InChI=1S/C11H23NO/c1-5-12(4)9-7-6-8-11(2,3)10(9)13/h9-10,13H,5-8H2,1-4H3. The minimum absolute atomic E-state index is 0.104. The largest absolute Gasteiger partial charge is 0.391 e. The Kier molecular flexibility index (Phi) is 3.36. The number of hydrogen-bond donors (Lipinski definition) is 1. The maximum atomic E-state index is 10.2. The van der Waals surface area contributed by atoms with Crippen LogP contribution < -0.4 is 0 Å². The zero-order chi connectivity index (χ0) is 10.1. The van der Waals surface area contributed by atoms with Crippen molar-refractivity contribution in [2.45, 2.75) is 52.2 Å². The molecule has 78 valence electrons. The minimum Gasteiger partial charge on any atom is -0.391 e. The average molecular weight is 185 g/mol. The van der Waals surface area contributed by atoms with Crippen LogP contribution >= 0.6 is 0 Å². The summed E-state index contributed by atoms with van der Waals surface area (Å²) >= 11 is 0. The van der Waals surface area contributed by atoms with Gasteiger partial charge in [0.2, 0.25) is 0 Å². The summed E-state index contributed by atoms with van der Waals surface area (Å²) in [6, 6.07) is 0.369. The highest BCUT2D eigenvalue weighted by atomic mass is 16.3. The lowest BCUT2D eigenvalue weighted by Crippen LogP contribution is -2.51. The van der Waals surface area contributed by atoms with Crippen molar-refractivity contribution in [2.75, 3.05) is 13.6 Å². The van der Waals surface area contributed by atoms with Gasteiger partial charge >= 0.3 is 0 Å². The molecule has 1 fully saturated rings. The van der Waals surface area contributed by atoms with E-state index in [2.05, 4.69) is 32.7 Å². The average Bonchev–Trinajstić information content (AvgIpc) is 2.08. The number of aliphatic hydroxyl groups is 1. The van der Waals surface area contributed by atoms with Crippen molar-refractivity contribution in [1.82, 2.24) is 4.90 Å². The van der Waals surface area contributed by atoms with Gasteiger partial charge in [-0.2, -0.15) is 0 Å². The van der Waals surface area contributed by atoms with Crippen LogP contribution in [0.3, 0.4) is 0 Å². The molecule has 0 aliphatic heterocycles. The van der Waals surface area contributed by atoms with Crippen molar-refractivity contribution in [2.24, 2.45) is 5.41 Å². The van der Waals surface area contributed by atoms with Crippen molar-refractivity contribution < 1.29 is 5.11 Å². The van der Waals surface area contributed by atoms with Crippen LogP contribution in [0, 0.1) is 5.41 Å². The van der Waals surface area contributed by atoms with Gasteiger partial charge < -0.3 is 10.0 Å². The number of nitrogens with zero attached hydrogens (tertiary/aromatic N) is 1. The van der Waals surface area contributed by atoms with Gasteiger partial charge in [-0.3, -0.25) is 0 Å². The first-order valence-electron chi connectivity index (χ1n) is 5.37. The van der Waals surface area contributed by atoms with Crippen LogP contribution in [-0.4, -0.2) is 35.7 Å². The molecule has 0 radical (unpaired) electrons. The summed E-state index contributed by atoms with van der Waals surface area (Å²) in [5.74, 6) is 0. The monoisotopic (exact) mass is 185 g/mol. The minimum atomic E-state index is -0.161. The van der Waals surface area contributed by atoms with Crippen LogP contribution in [0.1, 0.15) is 40.0 Å². The quantitative estimate of drug-likeness (QED) is 0.710. The lowest BCUT2D eigenvalue weighted by atomic mass is 9.72. The highest BCUT2D eigenvalue weighted by Gasteiger charge is 2.38. The van der Waals surface area contributed by atoms with Crippen LogP contribution in [0.5, 0.6) is 0 Å². The third-order valence-corrected chi connectivity index (χ3v) is 3.55. The first-order chi connectivity index (χ1) is 5.99. The van der Waals surface area contributed by atoms with Crippen LogP contribution in [0.25, 0.3) is 0 Å². The van der Waals surface area contributed by atoms with E-state index in [-0.39, 0.29) is 11.5 Å². The van der Waals surface area contributed by atoms with Crippen molar-refractivity contribution >= 4 is 0 Å². The summed E-state index contributed by atoms with van der Waals surface area (Å²) in [6.07, 6.45) is 3.39. The van der Waals surface area contributed by atoms with E-state index in [1.165, 1.54) is 6.42 Å². The lowest BCUT2D eigenvalue weighted by molar-refractivity contribution is -0.0490. The van der Waals surface area contributed by atoms with Gasteiger partial charge in [-0.25, -0.2) is 0 Å². The maximum Gasteiger partial charge on any atom is 0.0746 e. The highest BCUT2D eigenvalue weighted by Crippen LogP contribution is 2.37. The van der Waals surface area contributed by atoms with E-state index in [9.17, 15) is 5.11 Å². The van der Waals surface area contributed by atoms with Crippen LogP contribution in [0.2, 0.25) is 0 Å². The molecule has 0 heterocycles. The van der Waals surface area contributed by atoms with Crippen LogP contribution in [0.4, 0.5) is 0 Å². The van der Waals surface area contributed by atoms with Crippen molar-refractivity contribution in [3.8, 4) is 0 Å². The first-order valence-corrected chi connectivity index (χ1v) is 5.37. The van der Waals surface area contributed by atoms with Gasteiger partial charge in [-0.05, 0) is 31.8 Å². The lowest BCUT2D eigenvalue weighted by Gasteiger charge is -2.44. The summed E-state index contributed by atoms with van der Waals surface area (Å²) in [5, 5.41) is 10.2. The first kappa shape index (κ1) is 11.0. The molecule has 1 saturated carbocycles. The fourth-order valence-electron chi connectivity index (χ4n) is 2.29. The molecule has 2 unspecified atom stereocenters. The van der Waals surface area contributed by atoms with Gasteiger partial charge in [0, 0.05) is 6.04 Å². The Morgan fingerprint density at radius 1 is 1.46 bits per heavy atom. The Balaban J connectivity index is 2.65. The molecule has 0 aromatic carbocycles. The van der Waals surface area contributed by atoms with E-state index in [0.717, 1.165) is 19.4 Å². The van der Waals surface area contributed by atoms with Gasteiger partial charge in [-0.15, -0.1) is 0 Å². The molecule has 0 aromatic rings. The van der Waals surface area contributed by atoms with Gasteiger partial charge in [0.25, 0.3) is 0 Å². The van der Waals surface area contributed by atoms with Gasteiger partial charge in [0.15, 0.2) is 0 Å². The van der Waals surface area contributed by atoms with Gasteiger partial charge in [0.1, 0.15) is 0 Å². The normalized spacial score (nSPS) is 33.7. The Labute approximate surface area is 81.9 Å². The predicted molar refractivity (Wildman–Crippen MR) is 55.7 cm³/mol. The highest BCUT2D eigenvalue weighted by molar-refractivity contribution is 4.92. The summed E-state index contributed by atoms with van der Waals surface area (Å²) in [6.45, 7) is 7.52. The van der Waals surface area contributed by atoms with Gasteiger partial charge in [-0.1, -0.05) is 27.2 Å². The maximum absolute atomic E-state index is 10.2. The topological polar surface area (TPSA) is 23.5 Å². The van der Waals surface area contributed by atoms with E-state index in [1.807, 2.05) is 0 Å². The molecule has 1 N–H and O–H groups in total.